The van der Waals surface area contributed by atoms with E-state index in [1.807, 2.05) is 30.3 Å². The van der Waals surface area contributed by atoms with Crippen LogP contribution in [0.5, 0.6) is 0 Å². The summed E-state index contributed by atoms with van der Waals surface area (Å²) < 4.78 is 36.9. The van der Waals surface area contributed by atoms with Crippen LogP contribution in [-0.4, -0.2) is 67.2 Å². The third kappa shape index (κ3) is 13.8. The van der Waals surface area contributed by atoms with E-state index >= 15 is 0 Å². The molecule has 8 nitrogen and oxygen atoms in total. The Hall–Kier alpha value is -0.950. The molecule has 1 aromatic rings. The fourth-order valence-corrected chi connectivity index (χ4v) is 2.91. The number of nitrogens with zero attached hydrogens (tertiary/aromatic N) is 1. The molecule has 0 heterocycles. The summed E-state index contributed by atoms with van der Waals surface area (Å²) in [6, 6.07) is 9.41. The van der Waals surface area contributed by atoms with Gasteiger partial charge < -0.3 is 20.1 Å². The quantitative estimate of drug-likeness (QED) is 0.157. The fourth-order valence-electron chi connectivity index (χ4n) is 2.01. The van der Waals surface area contributed by atoms with Crippen LogP contribution >= 0.6 is 24.0 Å². The SMILES string of the molecule is CN=C(NCCCOCCOC)NCCS(=O)(=O)NCc1ccccc1.I. The second-order valence-corrected chi connectivity index (χ2v) is 7.44. The highest BCUT2D eigenvalue weighted by molar-refractivity contribution is 14.0. The minimum atomic E-state index is -3.35. The lowest BCUT2D eigenvalue weighted by molar-refractivity contribution is 0.0698. The molecule has 0 aliphatic rings. The molecule has 0 spiro atoms. The Morgan fingerprint density at radius 3 is 2.44 bits per heavy atom. The molecular formula is C17H31IN4O4S. The predicted molar refractivity (Wildman–Crippen MR) is 119 cm³/mol. The highest BCUT2D eigenvalue weighted by Gasteiger charge is 2.10. The van der Waals surface area contributed by atoms with Crippen molar-refractivity contribution in [3.05, 3.63) is 35.9 Å². The molecule has 0 unspecified atom stereocenters. The minimum absolute atomic E-state index is 0. The van der Waals surface area contributed by atoms with E-state index in [4.69, 9.17) is 9.47 Å². The van der Waals surface area contributed by atoms with Gasteiger partial charge in [0.15, 0.2) is 5.96 Å². The maximum Gasteiger partial charge on any atom is 0.213 e. The third-order valence-corrected chi connectivity index (χ3v) is 4.74. The first kappa shape index (κ1) is 26.1. The summed E-state index contributed by atoms with van der Waals surface area (Å²) in [5.74, 6) is 0.542. The van der Waals surface area contributed by atoms with E-state index in [1.165, 1.54) is 0 Å². The van der Waals surface area contributed by atoms with Crippen LogP contribution < -0.4 is 15.4 Å². The highest BCUT2D eigenvalue weighted by atomic mass is 127. The zero-order valence-electron chi connectivity index (χ0n) is 15.9. The van der Waals surface area contributed by atoms with Crippen LogP contribution in [0.4, 0.5) is 0 Å². The number of ether oxygens (including phenoxy) is 2. The van der Waals surface area contributed by atoms with Crippen LogP contribution in [0.15, 0.2) is 35.3 Å². The average molecular weight is 514 g/mol. The first-order valence-electron chi connectivity index (χ1n) is 8.60. The highest BCUT2D eigenvalue weighted by Crippen LogP contribution is 1.98. The van der Waals surface area contributed by atoms with Crippen molar-refractivity contribution in [1.29, 1.82) is 0 Å². The first-order valence-corrected chi connectivity index (χ1v) is 10.2. The van der Waals surface area contributed by atoms with Gasteiger partial charge in [0.25, 0.3) is 0 Å². The number of rotatable bonds is 13. The Morgan fingerprint density at radius 1 is 1.07 bits per heavy atom. The molecule has 0 fully saturated rings. The molecule has 0 atom stereocenters. The maximum absolute atomic E-state index is 12.0. The number of nitrogens with one attached hydrogen (secondary N) is 3. The van der Waals surface area contributed by atoms with E-state index in [-0.39, 0.29) is 36.3 Å². The molecule has 1 rings (SSSR count). The molecule has 10 heteroatoms. The summed E-state index contributed by atoms with van der Waals surface area (Å²) in [5.41, 5.74) is 0.925. The molecule has 0 aromatic heterocycles. The summed E-state index contributed by atoms with van der Waals surface area (Å²) in [5, 5.41) is 6.11. The Morgan fingerprint density at radius 2 is 1.78 bits per heavy atom. The van der Waals surface area contributed by atoms with Crippen LogP contribution in [0.1, 0.15) is 12.0 Å². The van der Waals surface area contributed by atoms with Crippen molar-refractivity contribution in [2.24, 2.45) is 4.99 Å². The van der Waals surface area contributed by atoms with Gasteiger partial charge in [0, 0.05) is 40.4 Å². The lowest BCUT2D eigenvalue weighted by Crippen LogP contribution is -2.41. The van der Waals surface area contributed by atoms with Crippen LogP contribution in [0.3, 0.4) is 0 Å². The zero-order valence-corrected chi connectivity index (χ0v) is 19.1. The van der Waals surface area contributed by atoms with Gasteiger partial charge in [0.1, 0.15) is 0 Å². The molecule has 0 saturated carbocycles. The fraction of sp³-hybridized carbons (Fsp3) is 0.588. The van der Waals surface area contributed by atoms with Crippen molar-refractivity contribution in [3.8, 4) is 0 Å². The minimum Gasteiger partial charge on any atom is -0.382 e. The van der Waals surface area contributed by atoms with Gasteiger partial charge in [-0.2, -0.15) is 0 Å². The van der Waals surface area contributed by atoms with Crippen LogP contribution in [-0.2, 0) is 26.0 Å². The Kier molecular flexibility index (Phi) is 15.5. The maximum atomic E-state index is 12.0. The summed E-state index contributed by atoms with van der Waals surface area (Å²) in [7, 11) is -0.0665. The van der Waals surface area contributed by atoms with E-state index in [1.54, 1.807) is 14.2 Å². The summed E-state index contributed by atoms with van der Waals surface area (Å²) in [4.78, 5) is 4.07. The van der Waals surface area contributed by atoms with Crippen LogP contribution in [0, 0.1) is 0 Å². The molecular weight excluding hydrogens is 483 g/mol. The van der Waals surface area contributed by atoms with E-state index in [2.05, 4.69) is 20.3 Å². The second-order valence-electron chi connectivity index (χ2n) is 5.51. The van der Waals surface area contributed by atoms with E-state index in [0.717, 1.165) is 12.0 Å². The van der Waals surface area contributed by atoms with Crippen molar-refractivity contribution >= 4 is 40.0 Å². The van der Waals surface area contributed by atoms with E-state index in [0.29, 0.717) is 38.9 Å². The average Bonchev–Trinajstić information content (AvgIpc) is 2.65. The van der Waals surface area contributed by atoms with Crippen molar-refractivity contribution in [2.75, 3.05) is 52.8 Å². The van der Waals surface area contributed by atoms with Gasteiger partial charge in [0.2, 0.25) is 10.0 Å². The monoisotopic (exact) mass is 514 g/mol. The predicted octanol–water partition coefficient (Wildman–Crippen LogP) is 0.942. The number of methoxy groups -OCH3 is 1. The molecule has 3 N–H and O–H groups in total. The Balaban J connectivity index is 0.00000676. The molecule has 0 amide bonds. The van der Waals surface area contributed by atoms with E-state index < -0.39 is 10.0 Å². The van der Waals surface area contributed by atoms with Gasteiger partial charge in [-0.1, -0.05) is 30.3 Å². The Labute approximate surface area is 179 Å². The van der Waals surface area contributed by atoms with Crippen molar-refractivity contribution < 1.29 is 17.9 Å². The normalized spacial score (nSPS) is 11.7. The largest absolute Gasteiger partial charge is 0.382 e. The summed E-state index contributed by atoms with van der Waals surface area (Å²) in [6.07, 6.45) is 0.821. The van der Waals surface area contributed by atoms with Gasteiger partial charge in [-0.3, -0.25) is 4.99 Å². The summed E-state index contributed by atoms with van der Waals surface area (Å²) in [6.45, 7) is 3.05. The van der Waals surface area contributed by atoms with Gasteiger partial charge >= 0.3 is 0 Å². The van der Waals surface area contributed by atoms with Crippen LogP contribution in [0.2, 0.25) is 0 Å². The number of aliphatic imine (C=N–C) groups is 1. The third-order valence-electron chi connectivity index (χ3n) is 3.42. The molecule has 0 aliphatic carbocycles. The lowest BCUT2D eigenvalue weighted by Gasteiger charge is -2.12. The topological polar surface area (TPSA) is 101 Å². The number of sulfonamides is 1. The van der Waals surface area contributed by atoms with Gasteiger partial charge in [0.05, 0.1) is 19.0 Å². The molecule has 156 valence electrons. The second kappa shape index (κ2) is 16.0. The Bertz CT molecular complexity index is 615. The smallest absolute Gasteiger partial charge is 0.213 e. The number of halogens is 1. The zero-order chi connectivity index (χ0) is 19.1. The number of benzene rings is 1. The van der Waals surface area contributed by atoms with Gasteiger partial charge in [-0.15, -0.1) is 24.0 Å². The van der Waals surface area contributed by atoms with E-state index in [9.17, 15) is 8.42 Å². The van der Waals surface area contributed by atoms with Crippen molar-refractivity contribution in [2.45, 2.75) is 13.0 Å². The van der Waals surface area contributed by atoms with Gasteiger partial charge in [-0.05, 0) is 12.0 Å². The molecule has 0 aliphatic heterocycles. The number of hydrogen-bond acceptors (Lipinski definition) is 5. The molecule has 27 heavy (non-hydrogen) atoms. The van der Waals surface area contributed by atoms with Crippen LogP contribution in [0.25, 0.3) is 0 Å². The number of guanidine groups is 1. The lowest BCUT2D eigenvalue weighted by atomic mass is 10.2. The molecule has 0 radical (unpaired) electrons. The molecule has 1 aromatic carbocycles. The molecule has 0 saturated heterocycles. The number of hydrogen-bond donors (Lipinski definition) is 3. The van der Waals surface area contributed by atoms with Crippen molar-refractivity contribution in [3.63, 3.8) is 0 Å². The van der Waals surface area contributed by atoms with Crippen molar-refractivity contribution in [1.82, 2.24) is 15.4 Å². The molecule has 0 bridgehead atoms. The van der Waals surface area contributed by atoms with Gasteiger partial charge in [-0.25, -0.2) is 13.1 Å². The standard InChI is InChI=1S/C17H30N4O4S.HI/c1-18-17(19-9-6-11-25-13-12-24-2)20-10-14-26(22,23)21-15-16-7-4-3-5-8-16;/h3-5,7-8,21H,6,9-15H2,1-2H3,(H2,18,19,20);1H. The summed E-state index contributed by atoms with van der Waals surface area (Å²) >= 11 is 0. The first-order chi connectivity index (χ1) is 12.6.